The van der Waals surface area contributed by atoms with Gasteiger partial charge in [0.05, 0.1) is 12.1 Å². The van der Waals surface area contributed by atoms with E-state index in [0.717, 1.165) is 22.6 Å². The maximum Gasteiger partial charge on any atom is 0.312 e. The van der Waals surface area contributed by atoms with Crippen LogP contribution in [0, 0.1) is 0 Å². The summed E-state index contributed by atoms with van der Waals surface area (Å²) in [4.78, 5) is 29.0. The summed E-state index contributed by atoms with van der Waals surface area (Å²) in [6, 6.07) is 9.39. The molecule has 0 aliphatic carbocycles. The molecule has 6 heteroatoms. The lowest BCUT2D eigenvalue weighted by Crippen LogP contribution is -2.25. The number of benzene rings is 1. The molecule has 4 nitrogen and oxygen atoms in total. The topological polar surface area (TPSA) is 56.3 Å². The van der Waals surface area contributed by atoms with Gasteiger partial charge in [-0.2, -0.15) is 11.3 Å². The highest BCUT2D eigenvalue weighted by Gasteiger charge is 2.20. The van der Waals surface area contributed by atoms with Gasteiger partial charge in [-0.1, -0.05) is 31.2 Å². The van der Waals surface area contributed by atoms with Crippen LogP contribution in [0.4, 0.5) is 0 Å². The molecular weight excluding hydrogens is 366 g/mol. The summed E-state index contributed by atoms with van der Waals surface area (Å²) >= 11 is 3.10. The van der Waals surface area contributed by atoms with Crippen LogP contribution < -0.4 is 0 Å². The molecule has 0 amide bonds. The highest BCUT2D eigenvalue weighted by Crippen LogP contribution is 2.26. The number of Topliss-reactive ketones (excluding diaryl/α,β-unsaturated/α-hetero) is 1. The molecular formula is C20H19NO3S2. The number of hydrogen-bond donors (Lipinski definition) is 0. The van der Waals surface area contributed by atoms with E-state index in [4.69, 9.17) is 4.74 Å². The zero-order valence-corrected chi connectivity index (χ0v) is 16.2. The van der Waals surface area contributed by atoms with Gasteiger partial charge in [-0.25, -0.2) is 4.98 Å². The lowest BCUT2D eigenvalue weighted by molar-refractivity contribution is -0.145. The third kappa shape index (κ3) is 4.45. The Kier molecular flexibility index (Phi) is 5.96. The SMILES string of the molecule is CCc1ccc(C(=O)[C@@H](C)OC(=O)Cc2csc(-c3ccsc3)n2)cc1. The van der Waals surface area contributed by atoms with Crippen molar-refractivity contribution < 1.29 is 14.3 Å². The molecule has 0 saturated carbocycles. The van der Waals surface area contributed by atoms with Gasteiger partial charge in [-0.3, -0.25) is 9.59 Å². The number of aromatic nitrogens is 1. The maximum absolute atomic E-state index is 12.4. The first-order chi connectivity index (χ1) is 12.6. The van der Waals surface area contributed by atoms with Crippen molar-refractivity contribution in [2.45, 2.75) is 32.8 Å². The van der Waals surface area contributed by atoms with Crippen molar-refractivity contribution in [1.82, 2.24) is 4.98 Å². The minimum absolute atomic E-state index is 0.0625. The molecule has 1 aromatic carbocycles. The maximum atomic E-state index is 12.4. The van der Waals surface area contributed by atoms with Gasteiger partial charge < -0.3 is 4.74 Å². The van der Waals surface area contributed by atoms with Gasteiger partial charge in [0.2, 0.25) is 5.78 Å². The zero-order chi connectivity index (χ0) is 18.5. The van der Waals surface area contributed by atoms with Crippen molar-refractivity contribution in [1.29, 1.82) is 0 Å². The number of aryl methyl sites for hydroxylation is 1. The molecule has 2 heterocycles. The Balaban J connectivity index is 1.57. The molecule has 26 heavy (non-hydrogen) atoms. The predicted molar refractivity (Wildman–Crippen MR) is 105 cm³/mol. The third-order valence-electron chi connectivity index (χ3n) is 3.97. The van der Waals surface area contributed by atoms with Gasteiger partial charge in [0.25, 0.3) is 0 Å². The molecule has 134 valence electrons. The smallest absolute Gasteiger partial charge is 0.312 e. The van der Waals surface area contributed by atoms with E-state index in [0.29, 0.717) is 11.3 Å². The van der Waals surface area contributed by atoms with Crippen LogP contribution in [0.15, 0.2) is 46.5 Å². The molecule has 0 saturated heterocycles. The Morgan fingerprint density at radius 2 is 1.92 bits per heavy atom. The second-order valence-electron chi connectivity index (χ2n) is 5.88. The number of nitrogens with zero attached hydrogens (tertiary/aromatic N) is 1. The first kappa shape index (κ1) is 18.5. The van der Waals surface area contributed by atoms with Gasteiger partial charge in [-0.15, -0.1) is 11.3 Å². The fraction of sp³-hybridized carbons (Fsp3) is 0.250. The van der Waals surface area contributed by atoms with Gasteiger partial charge in [0.1, 0.15) is 5.01 Å². The quantitative estimate of drug-likeness (QED) is 0.433. The standard InChI is InChI=1S/C20H19NO3S2/c1-3-14-4-6-15(7-5-14)19(23)13(2)24-18(22)10-17-12-26-20(21-17)16-8-9-25-11-16/h4-9,11-13H,3,10H2,1-2H3/t13-/m1/s1. The van der Waals surface area contributed by atoms with Crippen LogP contribution in [-0.4, -0.2) is 22.8 Å². The van der Waals surface area contributed by atoms with Crippen molar-refractivity contribution in [3.05, 3.63) is 63.3 Å². The van der Waals surface area contributed by atoms with Crippen LogP contribution in [0.1, 0.15) is 35.5 Å². The van der Waals surface area contributed by atoms with Crippen molar-refractivity contribution in [2.75, 3.05) is 0 Å². The Morgan fingerprint density at radius 3 is 2.58 bits per heavy atom. The molecule has 3 rings (SSSR count). The number of carbonyl (C=O) groups is 2. The van der Waals surface area contributed by atoms with E-state index in [2.05, 4.69) is 11.9 Å². The second-order valence-corrected chi connectivity index (χ2v) is 7.52. The third-order valence-corrected chi connectivity index (χ3v) is 5.59. The average molecular weight is 386 g/mol. The Morgan fingerprint density at radius 1 is 1.15 bits per heavy atom. The van der Waals surface area contributed by atoms with E-state index in [-0.39, 0.29) is 12.2 Å². The molecule has 0 spiro atoms. The van der Waals surface area contributed by atoms with E-state index in [9.17, 15) is 9.59 Å². The second kappa shape index (κ2) is 8.38. The lowest BCUT2D eigenvalue weighted by atomic mass is 10.0. The summed E-state index contributed by atoms with van der Waals surface area (Å²) in [5.41, 5.74) is 3.43. The van der Waals surface area contributed by atoms with Crippen molar-refractivity contribution >= 4 is 34.4 Å². The largest absolute Gasteiger partial charge is 0.454 e. The number of ketones is 1. The number of rotatable bonds is 7. The lowest BCUT2D eigenvalue weighted by Gasteiger charge is -2.12. The molecule has 0 unspecified atom stereocenters. The van der Waals surface area contributed by atoms with E-state index in [1.54, 1.807) is 30.4 Å². The summed E-state index contributed by atoms with van der Waals surface area (Å²) in [7, 11) is 0. The van der Waals surface area contributed by atoms with Crippen LogP contribution in [0.3, 0.4) is 0 Å². The summed E-state index contributed by atoms with van der Waals surface area (Å²) in [6.45, 7) is 3.66. The highest BCUT2D eigenvalue weighted by atomic mass is 32.1. The van der Waals surface area contributed by atoms with E-state index in [1.807, 2.05) is 34.3 Å². The van der Waals surface area contributed by atoms with Crippen LogP contribution in [0.2, 0.25) is 0 Å². The molecule has 0 aliphatic heterocycles. The Bertz CT molecular complexity index is 882. The van der Waals surface area contributed by atoms with E-state index < -0.39 is 12.1 Å². The molecule has 1 atom stereocenters. The van der Waals surface area contributed by atoms with E-state index >= 15 is 0 Å². The van der Waals surface area contributed by atoms with Gasteiger partial charge in [-0.05, 0) is 30.4 Å². The molecule has 0 fully saturated rings. The Labute approximate surface area is 160 Å². The van der Waals surface area contributed by atoms with Crippen LogP contribution >= 0.6 is 22.7 Å². The molecule has 0 aliphatic rings. The summed E-state index contributed by atoms with van der Waals surface area (Å²) in [6.07, 6.45) is 0.164. The number of thiophene rings is 1. The first-order valence-corrected chi connectivity index (χ1v) is 10.2. The zero-order valence-electron chi connectivity index (χ0n) is 14.6. The number of carbonyl (C=O) groups excluding carboxylic acids is 2. The van der Waals surface area contributed by atoms with Crippen LogP contribution in [0.5, 0.6) is 0 Å². The summed E-state index contributed by atoms with van der Waals surface area (Å²) < 4.78 is 5.31. The van der Waals surface area contributed by atoms with Gasteiger partial charge in [0.15, 0.2) is 6.10 Å². The number of ether oxygens (including phenoxy) is 1. The summed E-state index contributed by atoms with van der Waals surface area (Å²) in [5, 5.41) is 6.75. The van der Waals surface area contributed by atoms with Crippen LogP contribution in [-0.2, 0) is 22.4 Å². The van der Waals surface area contributed by atoms with Crippen molar-refractivity contribution in [2.24, 2.45) is 0 Å². The minimum Gasteiger partial charge on any atom is -0.454 e. The monoisotopic (exact) mass is 385 g/mol. The summed E-state index contributed by atoms with van der Waals surface area (Å²) in [5.74, 6) is -0.642. The molecule has 0 N–H and O–H groups in total. The number of esters is 1. The predicted octanol–water partition coefficient (Wildman–Crippen LogP) is 4.79. The van der Waals surface area contributed by atoms with Gasteiger partial charge >= 0.3 is 5.97 Å². The van der Waals surface area contributed by atoms with Crippen molar-refractivity contribution in [3.63, 3.8) is 0 Å². The molecule has 2 aromatic heterocycles. The number of hydrogen-bond acceptors (Lipinski definition) is 6. The normalized spacial score (nSPS) is 11.9. The molecule has 0 radical (unpaired) electrons. The fourth-order valence-corrected chi connectivity index (χ4v) is 4.02. The fourth-order valence-electron chi connectivity index (χ4n) is 2.49. The average Bonchev–Trinajstić information content (AvgIpc) is 3.32. The van der Waals surface area contributed by atoms with E-state index in [1.165, 1.54) is 11.3 Å². The first-order valence-electron chi connectivity index (χ1n) is 8.36. The minimum atomic E-state index is -0.815. The van der Waals surface area contributed by atoms with Gasteiger partial charge in [0, 0.05) is 21.9 Å². The van der Waals surface area contributed by atoms with Crippen LogP contribution in [0.25, 0.3) is 10.6 Å². The molecule has 0 bridgehead atoms. The molecule has 3 aromatic rings. The van der Waals surface area contributed by atoms with Crippen molar-refractivity contribution in [3.8, 4) is 10.6 Å². The highest BCUT2D eigenvalue weighted by molar-refractivity contribution is 7.14. The number of thiazole rings is 1. The Hall–Kier alpha value is -2.31.